The summed E-state index contributed by atoms with van der Waals surface area (Å²) in [5.74, 6) is -0.252. The first-order valence-corrected chi connectivity index (χ1v) is 29.9. The topological polar surface area (TPSA) is 307 Å². The Labute approximate surface area is 455 Å². The van der Waals surface area contributed by atoms with E-state index >= 15 is 0 Å². The van der Waals surface area contributed by atoms with Crippen LogP contribution in [-0.4, -0.2) is 193 Å². The van der Waals surface area contributed by atoms with Gasteiger partial charge in [-0.1, -0.05) is 180 Å². The van der Waals surface area contributed by atoms with Crippen LogP contribution in [-0.2, 0) is 33.2 Å². The van der Waals surface area contributed by atoms with E-state index in [1.54, 1.807) is 0 Å². The van der Waals surface area contributed by atoms with Gasteiger partial charge in [0, 0.05) is 6.42 Å². The van der Waals surface area contributed by atoms with E-state index in [9.17, 15) is 61.0 Å². The lowest BCUT2D eigenvalue weighted by Gasteiger charge is -2.48. The van der Waals surface area contributed by atoms with Crippen molar-refractivity contribution in [3.8, 4) is 0 Å². The van der Waals surface area contributed by atoms with E-state index in [-0.39, 0.29) is 18.9 Å². The molecule has 0 radical (unpaired) electrons. The normalized spacial score (nSPS) is 31.0. The average Bonchev–Trinajstić information content (AvgIpc) is 3.42. The highest BCUT2D eigenvalue weighted by atomic mass is 16.8. The number of carbonyl (C=O) groups is 1. The van der Waals surface area contributed by atoms with Gasteiger partial charge in [0.15, 0.2) is 18.9 Å². The van der Waals surface area contributed by atoms with Crippen molar-refractivity contribution >= 4 is 5.91 Å². The number of carbonyl (C=O) groups excluding carboxylic acids is 1. The van der Waals surface area contributed by atoms with Gasteiger partial charge < -0.3 is 89.9 Å². The minimum atomic E-state index is -1.97. The van der Waals surface area contributed by atoms with E-state index in [2.05, 4.69) is 31.3 Å². The lowest BCUT2D eigenvalue weighted by atomic mass is 9.96. The van der Waals surface area contributed by atoms with Crippen molar-refractivity contribution in [2.75, 3.05) is 26.4 Å². The number of ether oxygens (including phenoxy) is 6. The molecular weight excluding hydrogens is 987 g/mol. The zero-order chi connectivity index (χ0) is 55.5. The van der Waals surface area contributed by atoms with Crippen LogP contribution < -0.4 is 5.32 Å². The molecule has 0 saturated carbocycles. The SMILES string of the molecule is CCCCC/C=C\CCCCCCCC(=O)NC(COC1OC(CO)C(OC2OC(CO)C(OC3OC(CO)C(O)C(O)C3O)C(O)C2O)C(O)C1O)C(O)CCCCCCCCCCCCCCCCCCCCC. The Balaban J connectivity index is 1.49. The van der Waals surface area contributed by atoms with Gasteiger partial charge in [0.05, 0.1) is 38.6 Å². The minimum absolute atomic E-state index is 0.252. The molecule has 0 aliphatic carbocycles. The molecule has 3 heterocycles. The van der Waals surface area contributed by atoms with Crippen molar-refractivity contribution in [2.45, 2.75) is 317 Å². The third kappa shape index (κ3) is 25.5. The lowest BCUT2D eigenvalue weighted by molar-refractivity contribution is -0.379. The number of aliphatic hydroxyl groups excluding tert-OH is 11. The van der Waals surface area contributed by atoms with E-state index < -0.39 is 124 Å². The first-order valence-electron chi connectivity index (χ1n) is 29.9. The van der Waals surface area contributed by atoms with Crippen LogP contribution in [0.5, 0.6) is 0 Å². The quantitative estimate of drug-likeness (QED) is 0.0283. The molecule has 0 bridgehead atoms. The maximum Gasteiger partial charge on any atom is 0.220 e. The minimum Gasteiger partial charge on any atom is -0.394 e. The Bertz CT molecular complexity index is 1450. The smallest absolute Gasteiger partial charge is 0.220 e. The van der Waals surface area contributed by atoms with E-state index in [4.69, 9.17) is 28.4 Å². The summed E-state index contributed by atoms with van der Waals surface area (Å²) < 4.78 is 34.3. The van der Waals surface area contributed by atoms with Crippen molar-refractivity contribution in [3.63, 3.8) is 0 Å². The predicted molar refractivity (Wildman–Crippen MR) is 287 cm³/mol. The molecule has 448 valence electrons. The van der Waals surface area contributed by atoms with Crippen LogP contribution in [0.4, 0.5) is 0 Å². The number of aliphatic hydroxyl groups is 11. The number of unbranched alkanes of at least 4 members (excludes halogenated alkanes) is 26. The zero-order valence-corrected chi connectivity index (χ0v) is 46.5. The van der Waals surface area contributed by atoms with Crippen LogP contribution in [0.15, 0.2) is 12.2 Å². The Morgan fingerprint density at radius 2 is 0.829 bits per heavy atom. The fraction of sp³-hybridized carbons (Fsp3) is 0.947. The number of amides is 1. The third-order valence-electron chi connectivity index (χ3n) is 15.3. The molecule has 0 aromatic heterocycles. The highest BCUT2D eigenvalue weighted by Gasteiger charge is 2.53. The molecule has 3 aliphatic heterocycles. The Hall–Kier alpha value is -1.47. The summed E-state index contributed by atoms with van der Waals surface area (Å²) in [7, 11) is 0. The van der Waals surface area contributed by atoms with Gasteiger partial charge in [0.25, 0.3) is 0 Å². The summed E-state index contributed by atoms with van der Waals surface area (Å²) in [4.78, 5) is 13.3. The molecule has 3 saturated heterocycles. The van der Waals surface area contributed by atoms with E-state index in [1.807, 2.05) is 0 Å². The van der Waals surface area contributed by atoms with Gasteiger partial charge in [-0.25, -0.2) is 0 Å². The van der Waals surface area contributed by atoms with Gasteiger partial charge in [-0.2, -0.15) is 0 Å². The molecule has 17 unspecified atom stereocenters. The van der Waals surface area contributed by atoms with Crippen molar-refractivity contribution in [1.29, 1.82) is 0 Å². The molecule has 3 rings (SSSR count). The van der Waals surface area contributed by atoms with Crippen LogP contribution in [0, 0.1) is 0 Å². The number of hydrogen-bond acceptors (Lipinski definition) is 18. The molecule has 19 nitrogen and oxygen atoms in total. The van der Waals surface area contributed by atoms with Crippen molar-refractivity contribution < 1.29 is 89.4 Å². The van der Waals surface area contributed by atoms with Crippen LogP contribution in [0.25, 0.3) is 0 Å². The number of allylic oxidation sites excluding steroid dienone is 2. The van der Waals surface area contributed by atoms with Crippen LogP contribution in [0.1, 0.15) is 213 Å². The molecule has 1 amide bonds. The average molecular weight is 1090 g/mol. The van der Waals surface area contributed by atoms with Gasteiger partial charge in [-0.15, -0.1) is 0 Å². The van der Waals surface area contributed by atoms with Crippen LogP contribution in [0.2, 0.25) is 0 Å². The largest absolute Gasteiger partial charge is 0.394 e. The van der Waals surface area contributed by atoms with Gasteiger partial charge in [-0.3, -0.25) is 4.79 Å². The maximum atomic E-state index is 13.3. The summed E-state index contributed by atoms with van der Waals surface area (Å²) in [6.45, 7) is 1.76. The van der Waals surface area contributed by atoms with Crippen LogP contribution >= 0.6 is 0 Å². The Kier molecular flexibility index (Phi) is 37.6. The molecular formula is C57H107NO18. The number of hydrogen-bond donors (Lipinski definition) is 12. The predicted octanol–water partition coefficient (Wildman–Crippen LogP) is 4.99. The second kappa shape index (κ2) is 41.5. The van der Waals surface area contributed by atoms with E-state index in [1.165, 1.54) is 116 Å². The molecule has 19 heteroatoms. The standard InChI is InChI=1S/C57H107NO18/c1-3-5-7-9-11-13-15-17-18-19-20-21-22-23-24-26-28-30-32-34-41(62)40(58-45(63)35-33-31-29-27-25-16-14-12-10-8-6-4-2)39-71-55-51(69)48(66)53(43(37-60)73-55)76-57-52(70)49(67)54(44(38-61)74-57)75-56-50(68)47(65)46(64)42(36-59)72-56/h12,14,40-44,46-57,59-62,64-70H,3-11,13,15-39H2,1-2H3,(H,58,63)/b14-12-. The monoisotopic (exact) mass is 1090 g/mol. The second-order valence-corrected chi connectivity index (χ2v) is 21.8. The Morgan fingerprint density at radius 1 is 0.461 bits per heavy atom. The number of rotatable bonds is 44. The molecule has 17 atom stereocenters. The molecule has 3 aliphatic rings. The van der Waals surface area contributed by atoms with E-state index in [0.717, 1.165) is 64.2 Å². The van der Waals surface area contributed by atoms with Gasteiger partial charge in [0.1, 0.15) is 73.2 Å². The highest BCUT2D eigenvalue weighted by molar-refractivity contribution is 5.76. The van der Waals surface area contributed by atoms with Crippen molar-refractivity contribution in [3.05, 3.63) is 12.2 Å². The van der Waals surface area contributed by atoms with Gasteiger partial charge >= 0.3 is 0 Å². The van der Waals surface area contributed by atoms with Gasteiger partial charge in [0.2, 0.25) is 5.91 Å². The van der Waals surface area contributed by atoms with Crippen molar-refractivity contribution in [1.82, 2.24) is 5.32 Å². The van der Waals surface area contributed by atoms with Crippen molar-refractivity contribution in [2.24, 2.45) is 0 Å². The lowest BCUT2D eigenvalue weighted by Crippen LogP contribution is -2.66. The fourth-order valence-corrected chi connectivity index (χ4v) is 10.4. The third-order valence-corrected chi connectivity index (χ3v) is 15.3. The molecule has 0 aromatic rings. The summed E-state index contributed by atoms with van der Waals surface area (Å²) in [5.41, 5.74) is 0. The summed E-state index contributed by atoms with van der Waals surface area (Å²) in [5, 5.41) is 120. The summed E-state index contributed by atoms with van der Waals surface area (Å²) in [6.07, 6.45) is 13.0. The second-order valence-electron chi connectivity index (χ2n) is 21.8. The Morgan fingerprint density at radius 3 is 1.30 bits per heavy atom. The van der Waals surface area contributed by atoms with E-state index in [0.29, 0.717) is 12.8 Å². The number of nitrogens with one attached hydrogen (secondary N) is 1. The first kappa shape index (κ1) is 68.8. The zero-order valence-electron chi connectivity index (χ0n) is 46.5. The summed E-state index contributed by atoms with van der Waals surface area (Å²) in [6, 6.07) is -0.887. The molecule has 12 N–H and O–H groups in total. The molecule has 0 spiro atoms. The van der Waals surface area contributed by atoms with Gasteiger partial charge in [-0.05, 0) is 38.5 Å². The molecule has 76 heavy (non-hydrogen) atoms. The molecule has 0 aromatic carbocycles. The van der Waals surface area contributed by atoms with Crippen LogP contribution in [0.3, 0.4) is 0 Å². The highest BCUT2D eigenvalue weighted by Crippen LogP contribution is 2.33. The molecule has 3 fully saturated rings. The fourth-order valence-electron chi connectivity index (χ4n) is 10.4. The summed E-state index contributed by atoms with van der Waals surface area (Å²) >= 11 is 0. The maximum absolute atomic E-state index is 13.3. The first-order chi connectivity index (χ1) is 36.8.